The number of aromatic nitrogens is 2. The third-order valence-corrected chi connectivity index (χ3v) is 3.47. The van der Waals surface area contributed by atoms with Crippen molar-refractivity contribution in [2.24, 2.45) is 5.92 Å². The molecule has 2 aromatic rings. The van der Waals surface area contributed by atoms with Crippen LogP contribution in [0.1, 0.15) is 29.4 Å². The Hall–Kier alpha value is -2.08. The molecule has 2 rings (SSSR count). The number of hydrogen-bond acceptors (Lipinski definition) is 2. The number of rotatable bonds is 4. The van der Waals surface area contributed by atoms with Crippen molar-refractivity contribution in [1.82, 2.24) is 9.55 Å². The molecule has 0 saturated carbocycles. The molecule has 3 nitrogen and oxygen atoms in total. The lowest BCUT2D eigenvalue weighted by Gasteiger charge is -2.12. The molecule has 0 bridgehead atoms. The molecule has 0 saturated heterocycles. The average molecular weight is 253 g/mol. The zero-order chi connectivity index (χ0) is 13.8. The van der Waals surface area contributed by atoms with E-state index in [0.717, 1.165) is 12.2 Å². The summed E-state index contributed by atoms with van der Waals surface area (Å²) in [5, 5.41) is 8.92. The zero-order valence-electron chi connectivity index (χ0n) is 11.7. The van der Waals surface area contributed by atoms with Crippen LogP contribution in [-0.2, 0) is 13.0 Å². The molecular formula is C16H19N3. The molecule has 0 radical (unpaired) electrons. The minimum absolute atomic E-state index is 0.00548. The van der Waals surface area contributed by atoms with Crippen molar-refractivity contribution in [3.05, 3.63) is 53.1 Å². The van der Waals surface area contributed by atoms with Gasteiger partial charge in [0.15, 0.2) is 0 Å². The minimum atomic E-state index is 0.00548. The van der Waals surface area contributed by atoms with Crippen LogP contribution in [0.4, 0.5) is 0 Å². The molecule has 0 aliphatic carbocycles. The summed E-state index contributed by atoms with van der Waals surface area (Å²) in [7, 11) is 0. The van der Waals surface area contributed by atoms with E-state index in [0.29, 0.717) is 6.54 Å². The first-order valence-electron chi connectivity index (χ1n) is 6.56. The lowest BCUT2D eigenvalue weighted by Crippen LogP contribution is -2.10. The Kier molecular flexibility index (Phi) is 4.01. The molecular weight excluding hydrogens is 234 g/mol. The highest BCUT2D eigenvalue weighted by atomic mass is 15.1. The maximum atomic E-state index is 8.92. The number of hydrogen-bond donors (Lipinski definition) is 0. The Morgan fingerprint density at radius 3 is 2.63 bits per heavy atom. The molecule has 0 aliphatic heterocycles. The van der Waals surface area contributed by atoms with Gasteiger partial charge in [0.2, 0.25) is 0 Å². The van der Waals surface area contributed by atoms with Crippen molar-refractivity contribution in [2.45, 2.75) is 33.7 Å². The van der Waals surface area contributed by atoms with Crippen molar-refractivity contribution in [1.29, 1.82) is 5.26 Å². The largest absolute Gasteiger partial charge is 0.333 e. The summed E-state index contributed by atoms with van der Waals surface area (Å²) in [6.07, 6.45) is 4.59. The van der Waals surface area contributed by atoms with E-state index in [4.69, 9.17) is 5.26 Å². The van der Waals surface area contributed by atoms with Gasteiger partial charge < -0.3 is 4.57 Å². The normalized spacial score (nSPS) is 12.1. The zero-order valence-corrected chi connectivity index (χ0v) is 11.7. The molecule has 0 N–H and O–H groups in total. The number of aryl methyl sites for hydroxylation is 2. The van der Waals surface area contributed by atoms with E-state index < -0.39 is 0 Å². The van der Waals surface area contributed by atoms with Gasteiger partial charge in [-0.15, -0.1) is 0 Å². The fraction of sp³-hybridized carbons (Fsp3) is 0.375. The van der Waals surface area contributed by atoms with E-state index in [1.54, 1.807) is 0 Å². The van der Waals surface area contributed by atoms with Crippen LogP contribution in [0.3, 0.4) is 0 Å². The first-order valence-corrected chi connectivity index (χ1v) is 6.56. The Labute approximate surface area is 114 Å². The van der Waals surface area contributed by atoms with Crippen LogP contribution in [-0.4, -0.2) is 9.55 Å². The van der Waals surface area contributed by atoms with Crippen LogP contribution in [0, 0.1) is 31.1 Å². The van der Waals surface area contributed by atoms with Crippen molar-refractivity contribution in [3.63, 3.8) is 0 Å². The second-order valence-electron chi connectivity index (χ2n) is 5.07. The van der Waals surface area contributed by atoms with Gasteiger partial charge in [-0.05, 0) is 37.5 Å². The predicted molar refractivity (Wildman–Crippen MR) is 75.7 cm³/mol. The van der Waals surface area contributed by atoms with E-state index in [-0.39, 0.29) is 5.92 Å². The first kappa shape index (κ1) is 13.4. The van der Waals surface area contributed by atoms with Gasteiger partial charge in [-0.1, -0.05) is 18.2 Å². The minimum Gasteiger partial charge on any atom is -0.333 e. The van der Waals surface area contributed by atoms with E-state index in [1.165, 1.54) is 16.7 Å². The smallest absolute Gasteiger partial charge is 0.113 e. The Morgan fingerprint density at radius 2 is 2.00 bits per heavy atom. The summed E-state index contributed by atoms with van der Waals surface area (Å²) >= 11 is 0. The summed E-state index contributed by atoms with van der Waals surface area (Å²) in [6.45, 7) is 6.90. The average Bonchev–Trinajstić information content (AvgIpc) is 2.81. The van der Waals surface area contributed by atoms with Gasteiger partial charge in [-0.25, -0.2) is 4.98 Å². The van der Waals surface area contributed by atoms with Gasteiger partial charge in [0.1, 0.15) is 5.82 Å². The van der Waals surface area contributed by atoms with Crippen LogP contribution >= 0.6 is 0 Å². The second-order valence-corrected chi connectivity index (χ2v) is 5.07. The summed E-state index contributed by atoms with van der Waals surface area (Å²) in [5.41, 5.74) is 3.92. The molecule has 0 aliphatic rings. The molecule has 1 unspecified atom stereocenters. The van der Waals surface area contributed by atoms with Crippen LogP contribution < -0.4 is 0 Å². The van der Waals surface area contributed by atoms with E-state index in [2.05, 4.69) is 47.7 Å². The molecule has 1 atom stereocenters. The maximum absolute atomic E-state index is 8.92. The van der Waals surface area contributed by atoms with Crippen LogP contribution in [0.5, 0.6) is 0 Å². The Morgan fingerprint density at radius 1 is 1.32 bits per heavy atom. The van der Waals surface area contributed by atoms with Gasteiger partial charge in [0, 0.05) is 25.4 Å². The molecule has 0 fully saturated rings. The fourth-order valence-electron chi connectivity index (χ4n) is 2.30. The highest BCUT2D eigenvalue weighted by Gasteiger charge is 2.10. The van der Waals surface area contributed by atoms with E-state index >= 15 is 0 Å². The molecule has 98 valence electrons. The van der Waals surface area contributed by atoms with Gasteiger partial charge in [0.05, 0.1) is 12.0 Å². The fourth-order valence-corrected chi connectivity index (χ4v) is 2.30. The molecule has 1 aromatic heterocycles. The van der Waals surface area contributed by atoms with Gasteiger partial charge in [0.25, 0.3) is 0 Å². The number of benzene rings is 1. The van der Waals surface area contributed by atoms with Gasteiger partial charge >= 0.3 is 0 Å². The topological polar surface area (TPSA) is 41.6 Å². The summed E-state index contributed by atoms with van der Waals surface area (Å²) in [4.78, 5) is 4.43. The van der Waals surface area contributed by atoms with Crippen LogP contribution in [0.25, 0.3) is 0 Å². The predicted octanol–water partition coefficient (Wildman–Crippen LogP) is 3.25. The van der Waals surface area contributed by atoms with E-state index in [9.17, 15) is 0 Å². The Bertz CT molecular complexity index is 584. The first-order chi connectivity index (χ1) is 9.11. The van der Waals surface area contributed by atoms with Gasteiger partial charge in [-0.3, -0.25) is 0 Å². The van der Waals surface area contributed by atoms with Crippen molar-refractivity contribution < 1.29 is 0 Å². The van der Waals surface area contributed by atoms with Crippen molar-refractivity contribution >= 4 is 0 Å². The maximum Gasteiger partial charge on any atom is 0.113 e. The quantitative estimate of drug-likeness (QED) is 0.839. The monoisotopic (exact) mass is 253 g/mol. The summed E-state index contributed by atoms with van der Waals surface area (Å²) in [6, 6.07) is 8.62. The Balaban J connectivity index is 2.25. The summed E-state index contributed by atoms with van der Waals surface area (Å²) < 4.78 is 2.08. The highest BCUT2D eigenvalue weighted by Crippen LogP contribution is 2.17. The molecule has 1 aromatic carbocycles. The van der Waals surface area contributed by atoms with Crippen LogP contribution in [0.15, 0.2) is 30.6 Å². The van der Waals surface area contributed by atoms with Gasteiger partial charge in [-0.2, -0.15) is 5.26 Å². The SMILES string of the molecule is Cc1cccc(C)c1Cc1nccn1CC(C)C#N. The molecule has 19 heavy (non-hydrogen) atoms. The van der Waals surface area contributed by atoms with Crippen molar-refractivity contribution in [3.8, 4) is 6.07 Å². The summed E-state index contributed by atoms with van der Waals surface area (Å²) in [5.74, 6) is 1.03. The molecule has 0 amide bonds. The molecule has 3 heteroatoms. The second kappa shape index (κ2) is 5.71. The van der Waals surface area contributed by atoms with E-state index in [1.807, 2.05) is 19.3 Å². The lowest BCUT2D eigenvalue weighted by atomic mass is 10.00. The molecule has 1 heterocycles. The third-order valence-electron chi connectivity index (χ3n) is 3.47. The highest BCUT2D eigenvalue weighted by molar-refractivity contribution is 5.35. The number of nitrogens with zero attached hydrogens (tertiary/aromatic N) is 3. The van der Waals surface area contributed by atoms with Crippen LogP contribution in [0.2, 0.25) is 0 Å². The number of imidazole rings is 1. The lowest BCUT2D eigenvalue weighted by molar-refractivity contribution is 0.561. The third kappa shape index (κ3) is 3.03. The molecule has 0 spiro atoms. The standard InChI is InChI=1S/C16H19N3/c1-12(10-17)11-19-8-7-18-16(19)9-15-13(2)5-4-6-14(15)3/h4-8,12H,9,11H2,1-3H3. The van der Waals surface area contributed by atoms with Crippen molar-refractivity contribution in [2.75, 3.05) is 0 Å². The number of nitriles is 1.